The molecule has 0 saturated heterocycles. The number of nitrogens with one attached hydrogen (secondary N) is 2. The maximum Gasteiger partial charge on any atom is 0.234 e. The van der Waals surface area contributed by atoms with Gasteiger partial charge in [0.05, 0.1) is 5.75 Å². The molecule has 2 rings (SSSR count). The lowest BCUT2D eigenvalue weighted by Gasteiger charge is -2.05. The van der Waals surface area contributed by atoms with Crippen molar-refractivity contribution < 1.29 is 9.18 Å². The average Bonchev–Trinajstić information content (AvgIpc) is 2.95. The zero-order valence-electron chi connectivity index (χ0n) is 11.9. The van der Waals surface area contributed by atoms with Gasteiger partial charge in [-0.05, 0) is 24.6 Å². The minimum atomic E-state index is -0.340. The van der Waals surface area contributed by atoms with E-state index in [2.05, 4.69) is 27.4 Å². The first-order valence-corrected chi connectivity index (χ1v) is 8.26. The smallest absolute Gasteiger partial charge is 0.234 e. The molecule has 0 spiro atoms. The molecule has 0 saturated carbocycles. The van der Waals surface area contributed by atoms with Crippen LogP contribution in [0.25, 0.3) is 0 Å². The van der Waals surface area contributed by atoms with Gasteiger partial charge in [0.15, 0.2) is 4.34 Å². The highest BCUT2D eigenvalue weighted by Crippen LogP contribution is 2.25. The summed E-state index contributed by atoms with van der Waals surface area (Å²) in [5.41, 5.74) is 0.986. The Balaban J connectivity index is 1.83. The van der Waals surface area contributed by atoms with Gasteiger partial charge in [-0.15, -0.1) is 16.8 Å². The van der Waals surface area contributed by atoms with E-state index in [-0.39, 0.29) is 17.5 Å². The molecule has 0 radical (unpaired) electrons. The molecule has 2 N–H and O–H groups in total. The molecule has 0 fully saturated rings. The second-order valence-corrected chi connectivity index (χ2v) is 6.54. The summed E-state index contributed by atoms with van der Waals surface area (Å²) in [5.74, 6) is -0.373. The molecule has 0 aliphatic carbocycles. The SMILES string of the molecule is C=CCNc1nnc(SCC(=O)Nc2ccc(C)c(F)c2)s1. The molecule has 22 heavy (non-hydrogen) atoms. The van der Waals surface area contributed by atoms with E-state index in [9.17, 15) is 9.18 Å². The minimum absolute atomic E-state index is 0.186. The molecule has 2 aromatic rings. The fraction of sp³-hybridized carbons (Fsp3) is 0.214. The van der Waals surface area contributed by atoms with Crippen LogP contribution in [-0.4, -0.2) is 28.4 Å². The number of aryl methyl sites for hydroxylation is 1. The first-order chi connectivity index (χ1) is 10.6. The standard InChI is InChI=1S/C14H15FN4OS2/c1-3-6-16-13-18-19-14(22-13)21-8-12(20)17-10-5-4-9(2)11(15)7-10/h3-5,7H,1,6,8H2,2H3,(H,16,18)(H,17,20). The number of hydrogen-bond donors (Lipinski definition) is 2. The maximum atomic E-state index is 13.4. The van der Waals surface area contributed by atoms with E-state index in [1.165, 1.54) is 29.2 Å². The van der Waals surface area contributed by atoms with E-state index >= 15 is 0 Å². The minimum Gasteiger partial charge on any atom is -0.357 e. The predicted molar refractivity (Wildman–Crippen MR) is 89.1 cm³/mol. The van der Waals surface area contributed by atoms with Crippen LogP contribution in [0.1, 0.15) is 5.56 Å². The highest BCUT2D eigenvalue weighted by Gasteiger charge is 2.09. The Hall–Kier alpha value is -1.93. The summed E-state index contributed by atoms with van der Waals surface area (Å²) in [6, 6.07) is 4.60. The summed E-state index contributed by atoms with van der Waals surface area (Å²) in [6.45, 7) is 5.88. The topological polar surface area (TPSA) is 66.9 Å². The molecule has 0 atom stereocenters. The number of hydrogen-bond acceptors (Lipinski definition) is 6. The lowest BCUT2D eigenvalue weighted by molar-refractivity contribution is -0.113. The summed E-state index contributed by atoms with van der Waals surface area (Å²) in [4.78, 5) is 11.8. The Morgan fingerprint density at radius 3 is 3.05 bits per heavy atom. The Bertz CT molecular complexity index is 675. The first kappa shape index (κ1) is 16.4. The molecule has 8 heteroatoms. The number of rotatable bonds is 7. The van der Waals surface area contributed by atoms with E-state index in [1.807, 2.05) is 0 Å². The first-order valence-electron chi connectivity index (χ1n) is 6.45. The number of carbonyl (C=O) groups excluding carboxylic acids is 1. The molecule has 0 bridgehead atoms. The summed E-state index contributed by atoms with van der Waals surface area (Å²) in [7, 11) is 0. The zero-order chi connectivity index (χ0) is 15.9. The predicted octanol–water partition coefficient (Wildman–Crippen LogP) is 3.31. The second kappa shape index (κ2) is 7.90. The molecule has 0 aliphatic rings. The van der Waals surface area contributed by atoms with Crippen LogP contribution in [0.2, 0.25) is 0 Å². The number of anilines is 2. The number of thioether (sulfide) groups is 1. The number of halogens is 1. The fourth-order valence-electron chi connectivity index (χ4n) is 1.49. The number of benzene rings is 1. The lowest BCUT2D eigenvalue weighted by Crippen LogP contribution is -2.14. The van der Waals surface area contributed by atoms with Crippen LogP contribution in [0.15, 0.2) is 35.2 Å². The Morgan fingerprint density at radius 1 is 1.50 bits per heavy atom. The molecule has 116 valence electrons. The molecular weight excluding hydrogens is 323 g/mol. The van der Waals surface area contributed by atoms with Gasteiger partial charge < -0.3 is 10.6 Å². The van der Waals surface area contributed by atoms with Crippen LogP contribution in [0.3, 0.4) is 0 Å². The molecule has 1 aromatic carbocycles. The highest BCUT2D eigenvalue weighted by molar-refractivity contribution is 8.01. The largest absolute Gasteiger partial charge is 0.357 e. The summed E-state index contributed by atoms with van der Waals surface area (Å²) in [6.07, 6.45) is 1.72. The summed E-state index contributed by atoms with van der Waals surface area (Å²) < 4.78 is 14.1. The van der Waals surface area contributed by atoms with Gasteiger partial charge >= 0.3 is 0 Å². The average molecular weight is 338 g/mol. The number of carbonyl (C=O) groups is 1. The fourth-order valence-corrected chi connectivity index (χ4v) is 3.05. The van der Waals surface area contributed by atoms with Gasteiger partial charge in [-0.2, -0.15) is 0 Å². The van der Waals surface area contributed by atoms with Crippen molar-refractivity contribution in [3.05, 3.63) is 42.2 Å². The maximum absolute atomic E-state index is 13.4. The van der Waals surface area contributed by atoms with Gasteiger partial charge in [0, 0.05) is 12.2 Å². The van der Waals surface area contributed by atoms with Crippen LogP contribution >= 0.6 is 23.1 Å². The van der Waals surface area contributed by atoms with Gasteiger partial charge in [0.2, 0.25) is 11.0 Å². The second-order valence-electron chi connectivity index (χ2n) is 4.34. The van der Waals surface area contributed by atoms with E-state index in [1.54, 1.807) is 25.1 Å². The van der Waals surface area contributed by atoms with Crippen molar-refractivity contribution in [2.75, 3.05) is 22.9 Å². The van der Waals surface area contributed by atoms with Gasteiger partial charge in [0.1, 0.15) is 5.82 Å². The van der Waals surface area contributed by atoms with Gasteiger partial charge in [-0.25, -0.2) is 4.39 Å². The molecule has 0 aliphatic heterocycles. The third kappa shape index (κ3) is 4.81. The third-order valence-electron chi connectivity index (χ3n) is 2.59. The van der Waals surface area contributed by atoms with Crippen LogP contribution in [0.5, 0.6) is 0 Å². The van der Waals surface area contributed by atoms with Crippen LogP contribution in [0.4, 0.5) is 15.2 Å². The highest BCUT2D eigenvalue weighted by atomic mass is 32.2. The summed E-state index contributed by atoms with van der Waals surface area (Å²) in [5, 5.41) is 14.3. The molecule has 1 amide bonds. The van der Waals surface area contributed by atoms with Crippen LogP contribution < -0.4 is 10.6 Å². The van der Waals surface area contributed by atoms with E-state index in [0.29, 0.717) is 27.3 Å². The van der Waals surface area contributed by atoms with Gasteiger partial charge in [-0.3, -0.25) is 4.79 Å². The molecular formula is C14H15FN4OS2. The molecule has 0 unspecified atom stereocenters. The van der Waals surface area contributed by atoms with Crippen molar-refractivity contribution in [1.82, 2.24) is 10.2 Å². The van der Waals surface area contributed by atoms with Crippen molar-refractivity contribution in [2.24, 2.45) is 0 Å². The molecule has 1 aromatic heterocycles. The Kier molecular flexibility index (Phi) is 5.91. The van der Waals surface area contributed by atoms with Crippen molar-refractivity contribution in [3.63, 3.8) is 0 Å². The van der Waals surface area contributed by atoms with Crippen LogP contribution in [0, 0.1) is 12.7 Å². The Labute approximate surface area is 136 Å². The van der Waals surface area contributed by atoms with E-state index < -0.39 is 0 Å². The van der Waals surface area contributed by atoms with Crippen molar-refractivity contribution in [3.8, 4) is 0 Å². The number of amides is 1. The zero-order valence-corrected chi connectivity index (χ0v) is 13.6. The van der Waals surface area contributed by atoms with Crippen molar-refractivity contribution in [1.29, 1.82) is 0 Å². The summed E-state index contributed by atoms with van der Waals surface area (Å²) >= 11 is 2.65. The number of aromatic nitrogens is 2. The normalized spacial score (nSPS) is 10.3. The van der Waals surface area contributed by atoms with Crippen molar-refractivity contribution >= 4 is 39.8 Å². The lowest BCUT2D eigenvalue weighted by atomic mass is 10.2. The molecule has 1 heterocycles. The Morgan fingerprint density at radius 2 is 2.32 bits per heavy atom. The monoisotopic (exact) mass is 338 g/mol. The van der Waals surface area contributed by atoms with E-state index in [4.69, 9.17) is 0 Å². The third-order valence-corrected chi connectivity index (χ3v) is 4.60. The quantitative estimate of drug-likeness (QED) is 0.599. The van der Waals surface area contributed by atoms with Gasteiger partial charge in [-0.1, -0.05) is 35.2 Å². The van der Waals surface area contributed by atoms with E-state index in [0.717, 1.165) is 0 Å². The molecule has 5 nitrogen and oxygen atoms in total. The van der Waals surface area contributed by atoms with Crippen molar-refractivity contribution in [2.45, 2.75) is 11.3 Å². The number of nitrogens with zero attached hydrogens (tertiary/aromatic N) is 2. The van der Waals surface area contributed by atoms with Crippen LogP contribution in [-0.2, 0) is 4.79 Å². The van der Waals surface area contributed by atoms with Gasteiger partial charge in [0.25, 0.3) is 0 Å².